The molecule has 0 saturated carbocycles. The standard InChI is InChI=1S/C6H13NO2S/c1-3-4-6-5-7(6)10(2,8)9/h6H,3-5H2,1-2H3. The molecular formula is C6H13NO2S. The predicted molar refractivity (Wildman–Crippen MR) is 40.2 cm³/mol. The van der Waals surface area contributed by atoms with Gasteiger partial charge in [-0.05, 0) is 6.42 Å². The number of rotatable bonds is 3. The van der Waals surface area contributed by atoms with Gasteiger partial charge in [0.25, 0.3) is 0 Å². The van der Waals surface area contributed by atoms with E-state index in [0.717, 1.165) is 19.4 Å². The van der Waals surface area contributed by atoms with E-state index in [2.05, 4.69) is 6.92 Å². The Labute approximate surface area is 62.1 Å². The molecule has 0 aromatic heterocycles. The number of sulfonamides is 1. The summed E-state index contributed by atoms with van der Waals surface area (Å²) >= 11 is 0. The quantitative estimate of drug-likeness (QED) is 0.566. The molecule has 0 N–H and O–H groups in total. The van der Waals surface area contributed by atoms with Crippen molar-refractivity contribution >= 4 is 10.0 Å². The molecule has 0 bridgehead atoms. The molecule has 0 amide bonds. The second-order valence-electron chi connectivity index (χ2n) is 2.78. The van der Waals surface area contributed by atoms with E-state index in [0.29, 0.717) is 6.04 Å². The lowest BCUT2D eigenvalue weighted by atomic mass is 10.3. The molecule has 2 unspecified atom stereocenters. The summed E-state index contributed by atoms with van der Waals surface area (Å²) in [6, 6.07) is 0.319. The summed E-state index contributed by atoms with van der Waals surface area (Å²) in [4.78, 5) is 0. The van der Waals surface area contributed by atoms with Crippen molar-refractivity contribution in [3.8, 4) is 0 Å². The molecule has 1 saturated heterocycles. The van der Waals surface area contributed by atoms with Crippen LogP contribution in [-0.4, -0.2) is 31.6 Å². The maximum absolute atomic E-state index is 10.8. The highest BCUT2D eigenvalue weighted by molar-refractivity contribution is 7.88. The van der Waals surface area contributed by atoms with Gasteiger partial charge in [0.05, 0.1) is 6.26 Å². The Morgan fingerprint density at radius 1 is 1.60 bits per heavy atom. The zero-order valence-electron chi connectivity index (χ0n) is 6.37. The summed E-state index contributed by atoms with van der Waals surface area (Å²) < 4.78 is 23.1. The topological polar surface area (TPSA) is 37.1 Å². The smallest absolute Gasteiger partial charge is 0.211 e. The van der Waals surface area contributed by atoms with Crippen LogP contribution in [0.3, 0.4) is 0 Å². The maximum Gasteiger partial charge on any atom is 0.211 e. The first-order valence-electron chi connectivity index (χ1n) is 3.52. The van der Waals surface area contributed by atoms with Crippen LogP contribution in [0.25, 0.3) is 0 Å². The van der Waals surface area contributed by atoms with Crippen molar-refractivity contribution in [1.29, 1.82) is 0 Å². The van der Waals surface area contributed by atoms with Crippen molar-refractivity contribution in [2.75, 3.05) is 12.8 Å². The Balaban J connectivity index is 2.40. The van der Waals surface area contributed by atoms with Crippen LogP contribution in [0, 0.1) is 0 Å². The van der Waals surface area contributed by atoms with Gasteiger partial charge in [-0.1, -0.05) is 13.3 Å². The Kier molecular flexibility index (Phi) is 2.01. The largest absolute Gasteiger partial charge is 0.212 e. The Bertz CT molecular complexity index is 210. The number of nitrogens with zero attached hydrogens (tertiary/aromatic N) is 1. The molecule has 0 spiro atoms. The first kappa shape index (κ1) is 8.01. The molecule has 10 heavy (non-hydrogen) atoms. The molecule has 60 valence electrons. The van der Waals surface area contributed by atoms with Crippen LogP contribution in [0.1, 0.15) is 19.8 Å². The fraction of sp³-hybridized carbons (Fsp3) is 1.00. The van der Waals surface area contributed by atoms with E-state index in [1.54, 1.807) is 0 Å². The molecule has 4 heteroatoms. The molecular weight excluding hydrogens is 150 g/mol. The molecule has 1 aliphatic heterocycles. The first-order chi connectivity index (χ1) is 4.55. The summed E-state index contributed by atoms with van der Waals surface area (Å²) in [6.07, 6.45) is 3.34. The molecule has 1 aliphatic rings. The van der Waals surface area contributed by atoms with Gasteiger partial charge in [0.2, 0.25) is 10.0 Å². The second kappa shape index (κ2) is 2.51. The summed E-state index contributed by atoms with van der Waals surface area (Å²) in [6.45, 7) is 2.81. The van der Waals surface area contributed by atoms with Crippen LogP contribution in [0.5, 0.6) is 0 Å². The monoisotopic (exact) mass is 163 g/mol. The molecule has 1 rings (SSSR count). The van der Waals surface area contributed by atoms with E-state index >= 15 is 0 Å². The van der Waals surface area contributed by atoms with Gasteiger partial charge in [0.1, 0.15) is 0 Å². The van der Waals surface area contributed by atoms with Crippen LogP contribution in [-0.2, 0) is 10.0 Å². The van der Waals surface area contributed by atoms with Gasteiger partial charge in [0, 0.05) is 12.6 Å². The third-order valence-corrected chi connectivity index (χ3v) is 3.01. The van der Waals surface area contributed by atoms with Crippen molar-refractivity contribution in [3.63, 3.8) is 0 Å². The van der Waals surface area contributed by atoms with Gasteiger partial charge in [-0.15, -0.1) is 0 Å². The minimum absolute atomic E-state index is 0.319. The SMILES string of the molecule is CCCC1CN1S(C)(=O)=O. The Morgan fingerprint density at radius 3 is 2.50 bits per heavy atom. The van der Waals surface area contributed by atoms with Crippen molar-refractivity contribution in [2.24, 2.45) is 0 Å². The molecule has 1 heterocycles. The van der Waals surface area contributed by atoms with Gasteiger partial charge in [-0.25, -0.2) is 8.42 Å². The Hall–Kier alpha value is -0.0900. The molecule has 3 nitrogen and oxygen atoms in total. The number of hydrogen-bond acceptors (Lipinski definition) is 2. The highest BCUT2D eigenvalue weighted by Gasteiger charge is 2.40. The van der Waals surface area contributed by atoms with E-state index < -0.39 is 10.0 Å². The molecule has 0 radical (unpaired) electrons. The zero-order valence-corrected chi connectivity index (χ0v) is 7.19. The average molecular weight is 163 g/mol. The predicted octanol–water partition coefficient (Wildman–Crippen LogP) is 0.430. The summed E-state index contributed by atoms with van der Waals surface area (Å²) in [5.41, 5.74) is 0. The van der Waals surface area contributed by atoms with E-state index in [1.807, 2.05) is 0 Å². The average Bonchev–Trinajstić information content (AvgIpc) is 2.44. The van der Waals surface area contributed by atoms with Crippen molar-refractivity contribution in [2.45, 2.75) is 25.8 Å². The van der Waals surface area contributed by atoms with Crippen LogP contribution >= 0.6 is 0 Å². The van der Waals surface area contributed by atoms with Gasteiger partial charge in [0.15, 0.2) is 0 Å². The van der Waals surface area contributed by atoms with E-state index in [4.69, 9.17) is 0 Å². The third-order valence-electron chi connectivity index (χ3n) is 1.71. The summed E-state index contributed by atoms with van der Waals surface area (Å²) in [5.74, 6) is 0. The molecule has 2 atom stereocenters. The first-order valence-corrected chi connectivity index (χ1v) is 5.37. The van der Waals surface area contributed by atoms with Crippen molar-refractivity contribution < 1.29 is 8.42 Å². The van der Waals surface area contributed by atoms with Crippen molar-refractivity contribution in [3.05, 3.63) is 0 Å². The van der Waals surface area contributed by atoms with Gasteiger partial charge >= 0.3 is 0 Å². The van der Waals surface area contributed by atoms with Crippen LogP contribution in [0.4, 0.5) is 0 Å². The molecule has 0 aromatic rings. The van der Waals surface area contributed by atoms with E-state index in [1.165, 1.54) is 10.6 Å². The second-order valence-corrected chi connectivity index (χ2v) is 4.71. The van der Waals surface area contributed by atoms with Gasteiger partial charge < -0.3 is 0 Å². The third kappa shape index (κ3) is 1.70. The van der Waals surface area contributed by atoms with Crippen LogP contribution in [0.15, 0.2) is 0 Å². The van der Waals surface area contributed by atoms with Crippen molar-refractivity contribution in [1.82, 2.24) is 4.31 Å². The lowest BCUT2D eigenvalue weighted by Crippen LogP contribution is -2.11. The zero-order chi connectivity index (χ0) is 7.78. The normalized spacial score (nSPS) is 32.2. The van der Waals surface area contributed by atoms with Gasteiger partial charge in [-0.2, -0.15) is 4.31 Å². The lowest BCUT2D eigenvalue weighted by molar-refractivity contribution is 0.552. The summed E-state index contributed by atoms with van der Waals surface area (Å²) in [7, 11) is -2.87. The molecule has 0 aliphatic carbocycles. The minimum Gasteiger partial charge on any atom is -0.212 e. The lowest BCUT2D eigenvalue weighted by Gasteiger charge is -1.96. The number of hydrogen-bond donors (Lipinski definition) is 0. The highest BCUT2D eigenvalue weighted by Crippen LogP contribution is 2.25. The maximum atomic E-state index is 10.8. The molecule has 1 fully saturated rings. The molecule has 0 aromatic carbocycles. The fourth-order valence-electron chi connectivity index (χ4n) is 1.14. The Morgan fingerprint density at radius 2 is 2.20 bits per heavy atom. The summed E-state index contributed by atoms with van der Waals surface area (Å²) in [5, 5.41) is 0. The minimum atomic E-state index is -2.87. The van der Waals surface area contributed by atoms with Crippen LogP contribution < -0.4 is 0 Å². The van der Waals surface area contributed by atoms with Crippen LogP contribution in [0.2, 0.25) is 0 Å². The fourth-order valence-corrected chi connectivity index (χ4v) is 2.23. The highest BCUT2D eigenvalue weighted by atomic mass is 32.2. The van der Waals surface area contributed by atoms with E-state index in [9.17, 15) is 8.42 Å². The van der Waals surface area contributed by atoms with E-state index in [-0.39, 0.29) is 0 Å². The van der Waals surface area contributed by atoms with Gasteiger partial charge in [-0.3, -0.25) is 0 Å².